The molecule has 7 nitrogen and oxygen atoms in total. The Hall–Kier alpha value is -2.61. The second-order valence-electron chi connectivity index (χ2n) is 6.83. The molecular formula is C19H21N3O4S. The number of rotatable bonds is 6. The largest absolute Gasteiger partial charge is 0.354 e. The molecule has 2 aromatic carbocycles. The topological polar surface area (TPSA) is 86.8 Å². The van der Waals surface area contributed by atoms with E-state index in [9.17, 15) is 18.0 Å². The highest BCUT2D eigenvalue weighted by Gasteiger charge is 2.36. The number of carbonyl (C=O) groups excluding carboxylic acids is 2. The van der Waals surface area contributed by atoms with E-state index in [0.29, 0.717) is 37.0 Å². The Bertz CT molecular complexity index is 1010. The third-order valence-corrected chi connectivity index (χ3v) is 6.87. The van der Waals surface area contributed by atoms with Crippen molar-refractivity contribution in [3.63, 3.8) is 0 Å². The van der Waals surface area contributed by atoms with E-state index in [0.717, 1.165) is 18.4 Å². The lowest BCUT2D eigenvalue weighted by Gasteiger charge is -2.19. The van der Waals surface area contributed by atoms with Crippen LogP contribution in [0.25, 0.3) is 10.8 Å². The van der Waals surface area contributed by atoms with E-state index in [4.69, 9.17) is 0 Å². The highest BCUT2D eigenvalue weighted by molar-refractivity contribution is 7.93. The number of sulfonamides is 1. The standard InChI is InChI=1S/C19H21N3O4S/c23-17(20-10-4-12-21-11-3-9-18(21)24)13-22-15-7-1-5-14-6-2-8-16(19(14)15)27(22,25)26/h1-2,5-8H,3-4,9-13H2,(H,20,23). The van der Waals surface area contributed by atoms with Crippen LogP contribution in [-0.2, 0) is 19.6 Å². The van der Waals surface area contributed by atoms with Gasteiger partial charge in [-0.25, -0.2) is 8.42 Å². The quantitative estimate of drug-likeness (QED) is 0.761. The van der Waals surface area contributed by atoms with Gasteiger partial charge >= 0.3 is 0 Å². The zero-order valence-electron chi connectivity index (χ0n) is 14.8. The molecule has 4 rings (SSSR count). The normalized spacial score (nSPS) is 17.7. The minimum atomic E-state index is -3.72. The molecule has 0 aromatic heterocycles. The van der Waals surface area contributed by atoms with Crippen molar-refractivity contribution in [2.75, 3.05) is 30.5 Å². The monoisotopic (exact) mass is 387 g/mol. The molecule has 1 fully saturated rings. The van der Waals surface area contributed by atoms with Crippen LogP contribution < -0.4 is 9.62 Å². The average Bonchev–Trinajstić information content (AvgIpc) is 3.15. The van der Waals surface area contributed by atoms with Gasteiger partial charge in [-0.1, -0.05) is 24.3 Å². The molecule has 0 spiro atoms. The number of nitrogens with zero attached hydrogens (tertiary/aromatic N) is 2. The number of carbonyl (C=O) groups is 2. The van der Waals surface area contributed by atoms with Crippen molar-refractivity contribution < 1.29 is 18.0 Å². The lowest BCUT2D eigenvalue weighted by molar-refractivity contribution is -0.127. The molecule has 0 bridgehead atoms. The summed E-state index contributed by atoms with van der Waals surface area (Å²) in [6.45, 7) is 1.55. The van der Waals surface area contributed by atoms with Gasteiger partial charge in [0.1, 0.15) is 6.54 Å². The predicted molar refractivity (Wildman–Crippen MR) is 102 cm³/mol. The second-order valence-corrected chi connectivity index (χ2v) is 8.66. The molecule has 0 radical (unpaired) electrons. The minimum Gasteiger partial charge on any atom is -0.354 e. The molecule has 1 N–H and O–H groups in total. The Morgan fingerprint density at radius 1 is 1.15 bits per heavy atom. The van der Waals surface area contributed by atoms with E-state index >= 15 is 0 Å². The van der Waals surface area contributed by atoms with E-state index in [2.05, 4.69) is 5.32 Å². The Morgan fingerprint density at radius 2 is 1.93 bits per heavy atom. The molecule has 2 aliphatic heterocycles. The summed E-state index contributed by atoms with van der Waals surface area (Å²) in [5, 5.41) is 4.27. The first kappa shape index (κ1) is 17.8. The van der Waals surface area contributed by atoms with Crippen molar-refractivity contribution in [1.82, 2.24) is 10.2 Å². The van der Waals surface area contributed by atoms with Crippen molar-refractivity contribution in [3.05, 3.63) is 36.4 Å². The first-order valence-electron chi connectivity index (χ1n) is 9.07. The van der Waals surface area contributed by atoms with Gasteiger partial charge in [0, 0.05) is 31.4 Å². The van der Waals surface area contributed by atoms with Crippen molar-refractivity contribution in [3.8, 4) is 0 Å². The maximum Gasteiger partial charge on any atom is 0.265 e. The first-order valence-corrected chi connectivity index (χ1v) is 10.5. The summed E-state index contributed by atoms with van der Waals surface area (Å²) in [7, 11) is -3.72. The van der Waals surface area contributed by atoms with E-state index < -0.39 is 10.0 Å². The molecule has 8 heteroatoms. The Labute approximate surface area is 158 Å². The van der Waals surface area contributed by atoms with Gasteiger partial charge in [-0.2, -0.15) is 0 Å². The van der Waals surface area contributed by atoms with Crippen LogP contribution in [0.1, 0.15) is 19.3 Å². The van der Waals surface area contributed by atoms with Gasteiger partial charge in [0.25, 0.3) is 10.0 Å². The molecule has 0 aliphatic carbocycles. The lowest BCUT2D eigenvalue weighted by atomic mass is 10.1. The Balaban J connectivity index is 1.40. The molecule has 0 unspecified atom stereocenters. The van der Waals surface area contributed by atoms with E-state index in [1.165, 1.54) is 4.31 Å². The molecule has 0 atom stereocenters. The smallest absolute Gasteiger partial charge is 0.265 e. The van der Waals surface area contributed by atoms with Gasteiger partial charge in [-0.3, -0.25) is 13.9 Å². The van der Waals surface area contributed by atoms with Crippen LogP contribution >= 0.6 is 0 Å². The Morgan fingerprint density at radius 3 is 2.67 bits per heavy atom. The van der Waals surface area contributed by atoms with Gasteiger partial charge in [0.05, 0.1) is 10.6 Å². The van der Waals surface area contributed by atoms with E-state index in [1.54, 1.807) is 29.2 Å². The van der Waals surface area contributed by atoms with Crippen LogP contribution in [-0.4, -0.2) is 51.3 Å². The minimum absolute atomic E-state index is 0.162. The third kappa shape index (κ3) is 3.14. The Kier molecular flexibility index (Phi) is 4.51. The number of amides is 2. The molecule has 2 amide bonds. The van der Waals surface area contributed by atoms with Crippen molar-refractivity contribution in [2.24, 2.45) is 0 Å². The zero-order chi connectivity index (χ0) is 19.0. The van der Waals surface area contributed by atoms with Crippen molar-refractivity contribution in [1.29, 1.82) is 0 Å². The molecular weight excluding hydrogens is 366 g/mol. The number of hydrogen-bond donors (Lipinski definition) is 1. The fourth-order valence-corrected chi connectivity index (χ4v) is 5.42. The third-order valence-electron chi connectivity index (χ3n) is 5.07. The summed E-state index contributed by atoms with van der Waals surface area (Å²) in [6, 6.07) is 10.5. The van der Waals surface area contributed by atoms with Gasteiger partial charge < -0.3 is 10.2 Å². The number of nitrogens with one attached hydrogen (secondary N) is 1. The van der Waals surface area contributed by atoms with Gasteiger partial charge in [0.15, 0.2) is 0 Å². The fraction of sp³-hybridized carbons (Fsp3) is 0.368. The van der Waals surface area contributed by atoms with Gasteiger partial charge in [0.2, 0.25) is 11.8 Å². The molecule has 1 saturated heterocycles. The predicted octanol–water partition coefficient (Wildman–Crippen LogP) is 1.48. The number of hydrogen-bond acceptors (Lipinski definition) is 4. The summed E-state index contributed by atoms with van der Waals surface area (Å²) in [5.74, 6) is -0.188. The van der Waals surface area contributed by atoms with Crippen LogP contribution in [0.15, 0.2) is 41.3 Å². The maximum absolute atomic E-state index is 12.8. The summed E-state index contributed by atoms with van der Waals surface area (Å²) >= 11 is 0. The number of likely N-dealkylation sites (tertiary alicyclic amines) is 1. The van der Waals surface area contributed by atoms with Crippen LogP contribution in [0.2, 0.25) is 0 Å². The molecule has 2 heterocycles. The zero-order valence-corrected chi connectivity index (χ0v) is 15.7. The van der Waals surface area contributed by atoms with Gasteiger partial charge in [-0.15, -0.1) is 0 Å². The molecule has 2 aliphatic rings. The number of benzene rings is 2. The summed E-state index contributed by atoms with van der Waals surface area (Å²) in [6.07, 6.45) is 2.15. The average molecular weight is 387 g/mol. The fourth-order valence-electron chi connectivity index (χ4n) is 3.75. The highest BCUT2D eigenvalue weighted by atomic mass is 32.2. The summed E-state index contributed by atoms with van der Waals surface area (Å²) in [5.41, 5.74) is 0.543. The van der Waals surface area contributed by atoms with Crippen molar-refractivity contribution >= 4 is 38.3 Å². The van der Waals surface area contributed by atoms with Gasteiger partial charge in [-0.05, 0) is 30.4 Å². The lowest BCUT2D eigenvalue weighted by Crippen LogP contribution is -2.40. The highest BCUT2D eigenvalue weighted by Crippen LogP contribution is 2.41. The summed E-state index contributed by atoms with van der Waals surface area (Å²) in [4.78, 5) is 25.9. The second kappa shape index (κ2) is 6.84. The SMILES string of the molecule is O=C(CN1c2cccc3cccc(c23)S1(=O)=O)NCCCN1CCCC1=O. The van der Waals surface area contributed by atoms with E-state index in [-0.39, 0.29) is 23.3 Å². The molecule has 142 valence electrons. The molecule has 2 aromatic rings. The van der Waals surface area contributed by atoms with Crippen molar-refractivity contribution in [2.45, 2.75) is 24.2 Å². The number of anilines is 1. The molecule has 0 saturated carbocycles. The first-order chi connectivity index (χ1) is 13.0. The molecule has 27 heavy (non-hydrogen) atoms. The van der Waals surface area contributed by atoms with Crippen LogP contribution in [0, 0.1) is 0 Å². The summed E-state index contributed by atoms with van der Waals surface area (Å²) < 4.78 is 26.9. The van der Waals surface area contributed by atoms with Crippen LogP contribution in [0.3, 0.4) is 0 Å². The van der Waals surface area contributed by atoms with Crippen LogP contribution in [0.5, 0.6) is 0 Å². The van der Waals surface area contributed by atoms with Crippen LogP contribution in [0.4, 0.5) is 5.69 Å². The maximum atomic E-state index is 12.8. The van der Waals surface area contributed by atoms with E-state index in [1.807, 2.05) is 12.1 Å².